The molecule has 1 unspecified atom stereocenters. The topological polar surface area (TPSA) is 67.3 Å². The molecule has 1 aliphatic heterocycles. The van der Waals surface area contributed by atoms with Gasteiger partial charge in [0.15, 0.2) is 5.82 Å². The zero-order valence-corrected chi connectivity index (χ0v) is 17.3. The molecule has 1 aromatic heterocycles. The lowest BCUT2D eigenvalue weighted by molar-refractivity contribution is 0.0940. The van der Waals surface area contributed by atoms with Crippen molar-refractivity contribution < 1.29 is 9.53 Å². The second-order valence-corrected chi connectivity index (χ2v) is 7.52. The van der Waals surface area contributed by atoms with Crippen LogP contribution in [0, 0.1) is 0 Å². The minimum atomic E-state index is -0.128. The van der Waals surface area contributed by atoms with Crippen LogP contribution in [0.25, 0.3) is 11.3 Å². The predicted octanol–water partition coefficient (Wildman–Crippen LogP) is 4.24. The van der Waals surface area contributed by atoms with Gasteiger partial charge in [-0.15, -0.1) is 10.2 Å². The van der Waals surface area contributed by atoms with Gasteiger partial charge >= 0.3 is 0 Å². The van der Waals surface area contributed by atoms with Crippen LogP contribution in [0.2, 0.25) is 0 Å². The summed E-state index contributed by atoms with van der Waals surface area (Å²) in [7, 11) is 1.63. The Kier molecular flexibility index (Phi) is 5.93. The van der Waals surface area contributed by atoms with Crippen LogP contribution in [0.5, 0.6) is 5.75 Å². The molecule has 154 valence electrons. The highest BCUT2D eigenvalue weighted by molar-refractivity contribution is 5.94. The maximum absolute atomic E-state index is 12.6. The third kappa shape index (κ3) is 4.43. The first-order valence-electron chi connectivity index (χ1n) is 10.3. The summed E-state index contributed by atoms with van der Waals surface area (Å²) in [5, 5.41) is 11.8. The van der Waals surface area contributed by atoms with Crippen LogP contribution in [-0.2, 0) is 0 Å². The molecule has 6 heteroatoms. The Morgan fingerprint density at radius 3 is 2.47 bits per heavy atom. The van der Waals surface area contributed by atoms with E-state index in [-0.39, 0.29) is 11.9 Å². The van der Waals surface area contributed by atoms with E-state index in [0.717, 1.165) is 41.5 Å². The Balaban J connectivity index is 1.41. The molecule has 1 fully saturated rings. The number of benzene rings is 2. The van der Waals surface area contributed by atoms with Gasteiger partial charge in [0, 0.05) is 24.2 Å². The van der Waals surface area contributed by atoms with Crippen molar-refractivity contribution in [1.29, 1.82) is 0 Å². The average Bonchev–Trinajstić information content (AvgIpc) is 3.34. The van der Waals surface area contributed by atoms with Crippen molar-refractivity contribution >= 4 is 11.7 Å². The van der Waals surface area contributed by atoms with Gasteiger partial charge in [-0.05, 0) is 61.7 Å². The molecule has 6 nitrogen and oxygen atoms in total. The van der Waals surface area contributed by atoms with Gasteiger partial charge < -0.3 is 15.0 Å². The van der Waals surface area contributed by atoms with E-state index in [9.17, 15) is 4.79 Å². The van der Waals surface area contributed by atoms with Crippen LogP contribution in [0.15, 0.2) is 60.7 Å². The third-order valence-electron chi connectivity index (χ3n) is 5.46. The van der Waals surface area contributed by atoms with Crippen molar-refractivity contribution in [3.05, 3.63) is 71.8 Å². The van der Waals surface area contributed by atoms with Gasteiger partial charge in [-0.2, -0.15) is 0 Å². The summed E-state index contributed by atoms with van der Waals surface area (Å²) < 4.78 is 5.26. The maximum atomic E-state index is 12.6. The minimum absolute atomic E-state index is 0.118. The number of carbonyl (C=O) groups excluding carboxylic acids is 1. The van der Waals surface area contributed by atoms with Crippen LogP contribution in [0.1, 0.15) is 41.7 Å². The average molecular weight is 402 g/mol. The summed E-state index contributed by atoms with van der Waals surface area (Å²) in [6, 6.07) is 19.0. The fourth-order valence-corrected chi connectivity index (χ4v) is 3.66. The molecule has 1 aliphatic rings. The van der Waals surface area contributed by atoms with Crippen LogP contribution in [-0.4, -0.2) is 36.3 Å². The van der Waals surface area contributed by atoms with Crippen LogP contribution in [0.3, 0.4) is 0 Å². The van der Waals surface area contributed by atoms with E-state index in [2.05, 4.69) is 20.4 Å². The maximum Gasteiger partial charge on any atom is 0.251 e. The van der Waals surface area contributed by atoms with Gasteiger partial charge in [0.05, 0.1) is 18.8 Å². The van der Waals surface area contributed by atoms with Crippen molar-refractivity contribution in [2.24, 2.45) is 0 Å². The van der Waals surface area contributed by atoms with E-state index < -0.39 is 0 Å². The van der Waals surface area contributed by atoms with E-state index in [4.69, 9.17) is 4.74 Å². The van der Waals surface area contributed by atoms with Crippen molar-refractivity contribution in [2.75, 3.05) is 25.1 Å². The first-order chi connectivity index (χ1) is 14.6. The SMILES string of the molecule is COc1cccc(C(C)NC(=O)c2ccc(-c3ccc(N4CCCC4)nn3)cc2)c1. The van der Waals surface area contributed by atoms with E-state index in [1.807, 2.05) is 67.6 Å². The molecular weight excluding hydrogens is 376 g/mol. The molecule has 0 bridgehead atoms. The molecule has 2 heterocycles. The van der Waals surface area contributed by atoms with Gasteiger partial charge in [-0.25, -0.2) is 0 Å². The monoisotopic (exact) mass is 402 g/mol. The Morgan fingerprint density at radius 1 is 1.03 bits per heavy atom. The molecule has 0 radical (unpaired) electrons. The number of rotatable bonds is 6. The number of hydrogen-bond donors (Lipinski definition) is 1. The molecule has 4 rings (SSSR count). The van der Waals surface area contributed by atoms with Crippen LogP contribution < -0.4 is 15.0 Å². The van der Waals surface area contributed by atoms with Crippen molar-refractivity contribution in [1.82, 2.24) is 15.5 Å². The number of anilines is 1. The van der Waals surface area contributed by atoms with Crippen molar-refractivity contribution in [3.63, 3.8) is 0 Å². The van der Waals surface area contributed by atoms with E-state index in [0.29, 0.717) is 5.56 Å². The van der Waals surface area contributed by atoms with Gasteiger partial charge in [0.2, 0.25) is 0 Å². The summed E-state index contributed by atoms with van der Waals surface area (Å²) >= 11 is 0. The van der Waals surface area contributed by atoms with Crippen LogP contribution >= 0.6 is 0 Å². The molecule has 1 saturated heterocycles. The van der Waals surface area contributed by atoms with Gasteiger partial charge in [0.25, 0.3) is 5.91 Å². The Morgan fingerprint density at radius 2 is 1.80 bits per heavy atom. The molecule has 1 atom stereocenters. The number of carbonyl (C=O) groups is 1. The molecule has 1 amide bonds. The molecule has 0 aliphatic carbocycles. The molecule has 0 saturated carbocycles. The molecule has 1 N–H and O–H groups in total. The second kappa shape index (κ2) is 8.95. The van der Waals surface area contributed by atoms with Gasteiger partial charge in [-0.3, -0.25) is 4.79 Å². The van der Waals surface area contributed by atoms with E-state index >= 15 is 0 Å². The number of hydrogen-bond acceptors (Lipinski definition) is 5. The lowest BCUT2D eigenvalue weighted by atomic mass is 10.1. The standard InChI is InChI=1S/C24H26N4O2/c1-17(20-6-5-7-21(16-20)30-2)25-24(29)19-10-8-18(9-11-19)22-12-13-23(27-26-22)28-14-3-4-15-28/h5-13,16-17H,3-4,14-15H2,1-2H3,(H,25,29). The summed E-state index contributed by atoms with van der Waals surface area (Å²) in [5.74, 6) is 1.58. The lowest BCUT2D eigenvalue weighted by Crippen LogP contribution is -2.26. The van der Waals surface area contributed by atoms with Gasteiger partial charge in [-0.1, -0.05) is 24.3 Å². The number of methoxy groups -OCH3 is 1. The Bertz CT molecular complexity index is 996. The van der Waals surface area contributed by atoms with E-state index in [1.165, 1.54) is 12.8 Å². The highest BCUT2D eigenvalue weighted by Gasteiger charge is 2.15. The summed E-state index contributed by atoms with van der Waals surface area (Å²) in [6.07, 6.45) is 2.42. The first-order valence-corrected chi connectivity index (χ1v) is 10.3. The zero-order chi connectivity index (χ0) is 20.9. The molecule has 0 spiro atoms. The molecule has 2 aromatic carbocycles. The van der Waals surface area contributed by atoms with E-state index in [1.54, 1.807) is 7.11 Å². The largest absolute Gasteiger partial charge is 0.497 e. The highest BCUT2D eigenvalue weighted by atomic mass is 16.5. The normalized spacial score (nSPS) is 14.4. The second-order valence-electron chi connectivity index (χ2n) is 7.52. The summed E-state index contributed by atoms with van der Waals surface area (Å²) in [4.78, 5) is 14.9. The molecule has 3 aromatic rings. The summed E-state index contributed by atoms with van der Waals surface area (Å²) in [6.45, 7) is 4.05. The Hall–Kier alpha value is -3.41. The fraction of sp³-hybridized carbons (Fsp3) is 0.292. The lowest BCUT2D eigenvalue weighted by Gasteiger charge is -2.16. The number of amides is 1. The first kappa shape index (κ1) is 19.9. The third-order valence-corrected chi connectivity index (χ3v) is 5.46. The quantitative estimate of drug-likeness (QED) is 0.668. The van der Waals surface area contributed by atoms with Crippen molar-refractivity contribution in [2.45, 2.75) is 25.8 Å². The minimum Gasteiger partial charge on any atom is -0.497 e. The number of nitrogens with one attached hydrogen (secondary N) is 1. The number of aromatic nitrogens is 2. The summed E-state index contributed by atoms with van der Waals surface area (Å²) in [5.41, 5.74) is 3.34. The molecular formula is C24H26N4O2. The highest BCUT2D eigenvalue weighted by Crippen LogP contribution is 2.22. The van der Waals surface area contributed by atoms with Crippen molar-refractivity contribution in [3.8, 4) is 17.0 Å². The zero-order valence-electron chi connectivity index (χ0n) is 17.3. The Labute approximate surface area is 176 Å². The smallest absolute Gasteiger partial charge is 0.251 e. The number of ether oxygens (including phenoxy) is 1. The van der Waals surface area contributed by atoms with Gasteiger partial charge in [0.1, 0.15) is 5.75 Å². The number of nitrogens with zero attached hydrogens (tertiary/aromatic N) is 3. The van der Waals surface area contributed by atoms with Crippen LogP contribution in [0.4, 0.5) is 5.82 Å². The fourth-order valence-electron chi connectivity index (χ4n) is 3.66. The predicted molar refractivity (Wildman–Crippen MR) is 118 cm³/mol. The molecule has 30 heavy (non-hydrogen) atoms.